The molecular weight excluding hydrogens is 257 g/mol. The van der Waals surface area contributed by atoms with E-state index in [4.69, 9.17) is 9.47 Å². The molecule has 0 amide bonds. The van der Waals surface area contributed by atoms with Crippen molar-refractivity contribution in [1.82, 2.24) is 5.32 Å². The second-order valence-electron chi connectivity index (χ2n) is 5.36. The van der Waals surface area contributed by atoms with E-state index in [0.717, 1.165) is 44.6 Å². The van der Waals surface area contributed by atoms with E-state index in [1.165, 1.54) is 7.11 Å². The fraction of sp³-hybridized carbons (Fsp3) is 0.625. The fourth-order valence-corrected chi connectivity index (χ4v) is 2.70. The molecule has 1 aliphatic rings. The van der Waals surface area contributed by atoms with Gasteiger partial charge in [0.15, 0.2) is 11.6 Å². The van der Waals surface area contributed by atoms with Gasteiger partial charge in [0.1, 0.15) is 0 Å². The summed E-state index contributed by atoms with van der Waals surface area (Å²) in [5.74, 6) is 0.532. The topological polar surface area (TPSA) is 30.5 Å². The van der Waals surface area contributed by atoms with Crippen molar-refractivity contribution in [3.8, 4) is 5.75 Å². The van der Waals surface area contributed by atoms with Crippen molar-refractivity contribution in [3.05, 3.63) is 29.6 Å². The second-order valence-corrected chi connectivity index (χ2v) is 5.36. The zero-order chi connectivity index (χ0) is 14.4. The summed E-state index contributed by atoms with van der Waals surface area (Å²) in [6, 6.07) is 5.57. The normalized spacial score (nSPS) is 20.1. The van der Waals surface area contributed by atoms with Gasteiger partial charge < -0.3 is 14.8 Å². The number of hydrogen-bond donors (Lipinski definition) is 1. The molecule has 1 aliphatic heterocycles. The second kappa shape index (κ2) is 7.60. The first-order valence-corrected chi connectivity index (χ1v) is 7.38. The van der Waals surface area contributed by atoms with E-state index < -0.39 is 0 Å². The number of rotatable bonds is 7. The number of halogens is 1. The Labute approximate surface area is 120 Å². The quantitative estimate of drug-likeness (QED) is 0.833. The molecule has 1 fully saturated rings. The monoisotopic (exact) mass is 281 g/mol. The van der Waals surface area contributed by atoms with Crippen molar-refractivity contribution >= 4 is 0 Å². The zero-order valence-corrected chi connectivity index (χ0v) is 12.3. The van der Waals surface area contributed by atoms with Gasteiger partial charge in [0.05, 0.1) is 13.7 Å². The molecule has 1 N–H and O–H groups in total. The number of nitrogens with one attached hydrogen (secondary N) is 1. The Morgan fingerprint density at radius 3 is 2.95 bits per heavy atom. The van der Waals surface area contributed by atoms with Gasteiger partial charge in [-0.2, -0.15) is 0 Å². The van der Waals surface area contributed by atoms with Crippen LogP contribution < -0.4 is 10.1 Å². The molecule has 112 valence electrons. The summed E-state index contributed by atoms with van der Waals surface area (Å²) < 4.78 is 24.2. The minimum atomic E-state index is -0.290. The van der Waals surface area contributed by atoms with Crippen molar-refractivity contribution in [3.63, 3.8) is 0 Å². The molecule has 4 heteroatoms. The highest BCUT2D eigenvalue weighted by Crippen LogP contribution is 2.23. The van der Waals surface area contributed by atoms with E-state index in [9.17, 15) is 4.39 Å². The lowest BCUT2D eigenvalue weighted by molar-refractivity contribution is 0.176. The summed E-state index contributed by atoms with van der Waals surface area (Å²) in [7, 11) is 1.49. The lowest BCUT2D eigenvalue weighted by Gasteiger charge is -2.24. The maximum absolute atomic E-state index is 13.8. The summed E-state index contributed by atoms with van der Waals surface area (Å²) in [6.45, 7) is 4.79. The molecule has 1 saturated heterocycles. The van der Waals surface area contributed by atoms with E-state index in [-0.39, 0.29) is 5.82 Å². The predicted molar refractivity (Wildman–Crippen MR) is 77.7 cm³/mol. The SMILES string of the molecule is CCCNC(Cc1ccc(OC)c(F)c1)C1CCOC1. The summed E-state index contributed by atoms with van der Waals surface area (Å²) in [6.07, 6.45) is 3.01. The molecule has 0 radical (unpaired) electrons. The summed E-state index contributed by atoms with van der Waals surface area (Å²) in [5, 5.41) is 3.57. The van der Waals surface area contributed by atoms with Gasteiger partial charge in [0.25, 0.3) is 0 Å². The molecule has 1 aromatic carbocycles. The largest absolute Gasteiger partial charge is 0.494 e. The van der Waals surface area contributed by atoms with E-state index in [1.54, 1.807) is 12.1 Å². The standard InChI is InChI=1S/C16H24FNO2/c1-3-7-18-15(13-6-8-20-11-13)10-12-4-5-16(19-2)14(17)9-12/h4-5,9,13,15,18H,3,6-8,10-11H2,1-2H3. The van der Waals surface area contributed by atoms with Crippen LogP contribution in [-0.2, 0) is 11.2 Å². The minimum absolute atomic E-state index is 0.290. The highest BCUT2D eigenvalue weighted by Gasteiger charge is 2.25. The maximum Gasteiger partial charge on any atom is 0.165 e. The summed E-state index contributed by atoms with van der Waals surface area (Å²) in [4.78, 5) is 0. The first kappa shape index (κ1) is 15.3. The Kier molecular flexibility index (Phi) is 5.80. The molecule has 2 unspecified atom stereocenters. The van der Waals surface area contributed by atoms with Crippen LogP contribution in [0.3, 0.4) is 0 Å². The molecule has 0 aromatic heterocycles. The Balaban J connectivity index is 2.04. The van der Waals surface area contributed by atoms with E-state index in [2.05, 4.69) is 12.2 Å². The first-order valence-electron chi connectivity index (χ1n) is 7.38. The molecule has 3 nitrogen and oxygen atoms in total. The number of benzene rings is 1. The van der Waals surface area contributed by atoms with Gasteiger partial charge in [-0.3, -0.25) is 0 Å². The molecule has 2 atom stereocenters. The molecule has 1 aromatic rings. The zero-order valence-electron chi connectivity index (χ0n) is 12.3. The van der Waals surface area contributed by atoms with Crippen molar-refractivity contribution in [2.24, 2.45) is 5.92 Å². The number of hydrogen-bond acceptors (Lipinski definition) is 3. The van der Waals surface area contributed by atoms with Gasteiger partial charge in [0, 0.05) is 18.6 Å². The predicted octanol–water partition coefficient (Wildman–Crippen LogP) is 2.78. The average molecular weight is 281 g/mol. The van der Waals surface area contributed by atoms with Crippen LogP contribution in [0.5, 0.6) is 5.75 Å². The molecular formula is C16H24FNO2. The van der Waals surface area contributed by atoms with Crippen LogP contribution in [0.1, 0.15) is 25.3 Å². The third kappa shape index (κ3) is 3.93. The Morgan fingerprint density at radius 2 is 2.35 bits per heavy atom. The van der Waals surface area contributed by atoms with Crippen LogP contribution in [0.4, 0.5) is 4.39 Å². The molecule has 0 aliphatic carbocycles. The molecule has 1 heterocycles. The molecule has 20 heavy (non-hydrogen) atoms. The molecule has 0 bridgehead atoms. The Morgan fingerprint density at radius 1 is 1.50 bits per heavy atom. The van der Waals surface area contributed by atoms with Gasteiger partial charge in [0.2, 0.25) is 0 Å². The van der Waals surface area contributed by atoms with Crippen LogP contribution in [0.25, 0.3) is 0 Å². The van der Waals surface area contributed by atoms with Crippen LogP contribution >= 0.6 is 0 Å². The van der Waals surface area contributed by atoms with Gasteiger partial charge in [-0.1, -0.05) is 13.0 Å². The van der Waals surface area contributed by atoms with Gasteiger partial charge in [-0.05, 0) is 43.5 Å². The van der Waals surface area contributed by atoms with Crippen molar-refractivity contribution in [2.45, 2.75) is 32.2 Å². The summed E-state index contributed by atoms with van der Waals surface area (Å²) in [5.41, 5.74) is 1.00. The van der Waals surface area contributed by atoms with Crippen LogP contribution in [0.15, 0.2) is 18.2 Å². The van der Waals surface area contributed by atoms with Crippen molar-refractivity contribution < 1.29 is 13.9 Å². The smallest absolute Gasteiger partial charge is 0.165 e. The highest BCUT2D eigenvalue weighted by atomic mass is 19.1. The lowest BCUT2D eigenvalue weighted by atomic mass is 9.92. The summed E-state index contributed by atoms with van der Waals surface area (Å²) >= 11 is 0. The van der Waals surface area contributed by atoms with Crippen molar-refractivity contribution in [2.75, 3.05) is 26.9 Å². The van der Waals surface area contributed by atoms with Crippen LogP contribution in [0.2, 0.25) is 0 Å². The van der Waals surface area contributed by atoms with Gasteiger partial charge >= 0.3 is 0 Å². The van der Waals surface area contributed by atoms with E-state index in [1.807, 2.05) is 6.07 Å². The molecule has 0 saturated carbocycles. The van der Waals surface area contributed by atoms with Crippen LogP contribution in [0, 0.1) is 11.7 Å². The fourth-order valence-electron chi connectivity index (χ4n) is 2.70. The number of methoxy groups -OCH3 is 1. The molecule has 0 spiro atoms. The van der Waals surface area contributed by atoms with Gasteiger partial charge in [-0.15, -0.1) is 0 Å². The highest BCUT2D eigenvalue weighted by molar-refractivity contribution is 5.29. The first-order chi connectivity index (χ1) is 9.74. The van der Waals surface area contributed by atoms with Crippen LogP contribution in [-0.4, -0.2) is 32.9 Å². The Bertz CT molecular complexity index is 419. The third-order valence-electron chi connectivity index (χ3n) is 3.86. The molecule has 2 rings (SSSR count). The minimum Gasteiger partial charge on any atom is -0.494 e. The average Bonchev–Trinajstić information content (AvgIpc) is 2.97. The van der Waals surface area contributed by atoms with Gasteiger partial charge in [-0.25, -0.2) is 4.39 Å². The third-order valence-corrected chi connectivity index (χ3v) is 3.86. The lowest BCUT2D eigenvalue weighted by Crippen LogP contribution is -2.38. The maximum atomic E-state index is 13.8. The van der Waals surface area contributed by atoms with Crippen molar-refractivity contribution in [1.29, 1.82) is 0 Å². The number of ether oxygens (including phenoxy) is 2. The Hall–Kier alpha value is -1.13. The van der Waals surface area contributed by atoms with E-state index >= 15 is 0 Å². The van der Waals surface area contributed by atoms with E-state index in [0.29, 0.717) is 17.7 Å².